The largest absolute Gasteiger partial charge is 0.490 e. The van der Waals surface area contributed by atoms with Gasteiger partial charge >= 0.3 is 19.7 Å². The minimum atomic E-state index is -5.08. The average Bonchev–Trinajstić information content (AvgIpc) is 2.74. The van der Waals surface area contributed by atoms with Crippen LogP contribution < -0.4 is 0 Å². The van der Waals surface area contributed by atoms with Gasteiger partial charge < -0.3 is 18.6 Å². The van der Waals surface area contributed by atoms with Gasteiger partial charge in [-0.1, -0.05) is 0 Å². The number of aryl methyl sites for hydroxylation is 1. The minimum Gasteiger partial charge on any atom is -0.475 e. The number of aliphatic carboxylic acids is 1. The number of hydrogen-bond acceptors (Lipinski definition) is 6. The van der Waals surface area contributed by atoms with E-state index in [9.17, 15) is 17.7 Å². The molecule has 0 aliphatic carbocycles. The van der Waals surface area contributed by atoms with E-state index in [0.29, 0.717) is 24.9 Å². The maximum absolute atomic E-state index is 12.0. The monoisotopic (exact) mass is 347 g/mol. The van der Waals surface area contributed by atoms with Crippen molar-refractivity contribution in [2.24, 2.45) is 0 Å². The summed E-state index contributed by atoms with van der Waals surface area (Å²) in [5.41, 5.74) is 0. The van der Waals surface area contributed by atoms with Crippen LogP contribution in [-0.2, 0) is 24.6 Å². The maximum Gasteiger partial charge on any atom is 0.490 e. The van der Waals surface area contributed by atoms with Crippen molar-refractivity contribution in [1.29, 1.82) is 0 Å². The number of carboxylic acid groups (broad SMARTS) is 1. The Labute approximate surface area is 125 Å². The first kappa shape index (κ1) is 20.6. The van der Waals surface area contributed by atoms with Crippen LogP contribution in [0.15, 0.2) is 10.6 Å². The predicted octanol–water partition coefficient (Wildman–Crippen LogP) is 3.38. The van der Waals surface area contributed by atoms with E-state index in [0.717, 1.165) is 0 Å². The van der Waals surface area contributed by atoms with Crippen LogP contribution in [0.4, 0.5) is 13.2 Å². The molecule has 0 saturated carbocycles. The number of nitrogens with zero attached hydrogens (tertiary/aromatic N) is 1. The van der Waals surface area contributed by atoms with Crippen LogP contribution in [0.3, 0.4) is 0 Å². The summed E-state index contributed by atoms with van der Waals surface area (Å²) in [7, 11) is -3.08. The number of halogens is 3. The SMILES string of the molecule is CCOP(=O)(Cc1ncc(C)o1)OCC.O=C(O)C(F)(F)F. The molecule has 0 spiro atoms. The fourth-order valence-corrected chi connectivity index (χ4v) is 2.68. The van der Waals surface area contributed by atoms with Gasteiger partial charge in [-0.15, -0.1) is 0 Å². The number of alkyl halides is 3. The molecule has 0 bridgehead atoms. The minimum absolute atomic E-state index is 0.0858. The second kappa shape index (κ2) is 8.92. The Morgan fingerprint density at radius 1 is 1.36 bits per heavy atom. The lowest BCUT2D eigenvalue weighted by atomic mass is 10.6. The Balaban J connectivity index is 0.000000534. The van der Waals surface area contributed by atoms with E-state index in [-0.39, 0.29) is 6.16 Å². The van der Waals surface area contributed by atoms with Crippen molar-refractivity contribution < 1.29 is 41.1 Å². The zero-order chi connectivity index (χ0) is 17.4. The zero-order valence-corrected chi connectivity index (χ0v) is 13.1. The second-order valence-electron chi connectivity index (χ2n) is 3.77. The number of hydrogen-bond donors (Lipinski definition) is 1. The highest BCUT2D eigenvalue weighted by atomic mass is 31.2. The Bertz CT molecular complexity index is 506. The van der Waals surface area contributed by atoms with Gasteiger partial charge in [0.05, 0.1) is 19.4 Å². The van der Waals surface area contributed by atoms with Crippen LogP contribution in [0.5, 0.6) is 0 Å². The molecule has 0 unspecified atom stereocenters. The standard InChI is InChI=1S/C9H16NO4P.C2HF3O2/c1-4-12-15(11,13-5-2)7-9-10-6-8(3)14-9;3-2(4,5)1(6)7/h6H,4-5,7H2,1-3H3;(H,6,7). The summed E-state index contributed by atoms with van der Waals surface area (Å²) in [6.07, 6.45) is -3.42. The fraction of sp³-hybridized carbons (Fsp3) is 0.636. The van der Waals surface area contributed by atoms with Crippen molar-refractivity contribution in [2.45, 2.75) is 33.1 Å². The molecule has 1 aromatic heterocycles. The van der Waals surface area contributed by atoms with Gasteiger partial charge in [-0.05, 0) is 20.8 Å². The Morgan fingerprint density at radius 2 is 1.82 bits per heavy atom. The molecular weight excluding hydrogens is 330 g/mol. The molecule has 1 heterocycles. The van der Waals surface area contributed by atoms with Gasteiger partial charge in [0.2, 0.25) is 5.89 Å². The number of carbonyl (C=O) groups is 1. The Kier molecular flexibility index (Phi) is 8.36. The predicted molar refractivity (Wildman–Crippen MR) is 69.5 cm³/mol. The van der Waals surface area contributed by atoms with Crippen LogP contribution in [-0.4, -0.2) is 35.4 Å². The van der Waals surface area contributed by atoms with Crippen LogP contribution >= 0.6 is 7.60 Å². The van der Waals surface area contributed by atoms with Crippen molar-refractivity contribution in [3.05, 3.63) is 17.8 Å². The summed E-state index contributed by atoms with van der Waals surface area (Å²) in [6, 6.07) is 0. The van der Waals surface area contributed by atoms with Crippen molar-refractivity contribution in [3.8, 4) is 0 Å². The van der Waals surface area contributed by atoms with E-state index in [4.69, 9.17) is 23.4 Å². The number of carboxylic acids is 1. The van der Waals surface area contributed by atoms with Crippen molar-refractivity contribution in [3.63, 3.8) is 0 Å². The number of rotatable bonds is 6. The first-order valence-electron chi connectivity index (χ1n) is 6.13. The molecule has 11 heteroatoms. The van der Waals surface area contributed by atoms with Gasteiger partial charge in [-0.3, -0.25) is 4.57 Å². The van der Waals surface area contributed by atoms with E-state index in [1.807, 2.05) is 0 Å². The molecule has 0 atom stereocenters. The van der Waals surface area contributed by atoms with E-state index >= 15 is 0 Å². The third-order valence-electron chi connectivity index (χ3n) is 1.89. The molecule has 0 aliphatic heterocycles. The molecule has 0 aliphatic rings. The summed E-state index contributed by atoms with van der Waals surface area (Å²) < 4.78 is 59.2. The topological polar surface area (TPSA) is 98.9 Å². The van der Waals surface area contributed by atoms with Crippen LogP contribution in [0, 0.1) is 6.92 Å². The third-order valence-corrected chi connectivity index (χ3v) is 3.85. The highest BCUT2D eigenvalue weighted by molar-refractivity contribution is 7.52. The summed E-state index contributed by atoms with van der Waals surface area (Å²) in [6.45, 7) is 6.01. The van der Waals surface area contributed by atoms with Gasteiger partial charge in [0, 0.05) is 0 Å². The van der Waals surface area contributed by atoms with Crippen LogP contribution in [0.25, 0.3) is 0 Å². The molecule has 0 radical (unpaired) electrons. The van der Waals surface area contributed by atoms with Gasteiger partial charge in [-0.2, -0.15) is 13.2 Å². The van der Waals surface area contributed by atoms with E-state index < -0.39 is 19.7 Å². The summed E-state index contributed by atoms with van der Waals surface area (Å²) in [4.78, 5) is 12.9. The number of aromatic nitrogens is 1. The maximum atomic E-state index is 12.0. The lowest BCUT2D eigenvalue weighted by Gasteiger charge is -2.14. The quantitative estimate of drug-likeness (QED) is 0.788. The normalized spacial score (nSPS) is 11.7. The van der Waals surface area contributed by atoms with Crippen molar-refractivity contribution in [2.75, 3.05) is 13.2 Å². The van der Waals surface area contributed by atoms with Gasteiger partial charge in [-0.25, -0.2) is 9.78 Å². The van der Waals surface area contributed by atoms with Gasteiger partial charge in [0.1, 0.15) is 11.9 Å². The van der Waals surface area contributed by atoms with E-state index in [2.05, 4.69) is 4.98 Å². The molecule has 7 nitrogen and oxygen atoms in total. The molecule has 0 amide bonds. The molecule has 1 aromatic rings. The first-order chi connectivity index (χ1) is 10.0. The lowest BCUT2D eigenvalue weighted by Crippen LogP contribution is -2.21. The van der Waals surface area contributed by atoms with Crippen molar-refractivity contribution in [1.82, 2.24) is 4.98 Å². The zero-order valence-electron chi connectivity index (χ0n) is 12.2. The van der Waals surface area contributed by atoms with Gasteiger partial charge in [0.25, 0.3) is 0 Å². The summed E-state index contributed by atoms with van der Waals surface area (Å²) in [5.74, 6) is -1.69. The molecule has 22 heavy (non-hydrogen) atoms. The lowest BCUT2D eigenvalue weighted by molar-refractivity contribution is -0.192. The Morgan fingerprint density at radius 3 is 2.09 bits per heavy atom. The summed E-state index contributed by atoms with van der Waals surface area (Å²) >= 11 is 0. The molecule has 0 saturated heterocycles. The molecule has 1 N–H and O–H groups in total. The smallest absolute Gasteiger partial charge is 0.475 e. The highest BCUT2D eigenvalue weighted by Crippen LogP contribution is 2.50. The van der Waals surface area contributed by atoms with Crippen molar-refractivity contribution >= 4 is 13.6 Å². The van der Waals surface area contributed by atoms with Crippen LogP contribution in [0.2, 0.25) is 0 Å². The molecule has 0 aromatic carbocycles. The first-order valence-corrected chi connectivity index (χ1v) is 7.86. The molecule has 1 rings (SSSR count). The molecule has 128 valence electrons. The second-order valence-corrected chi connectivity index (χ2v) is 5.83. The third kappa shape index (κ3) is 8.16. The summed E-state index contributed by atoms with van der Waals surface area (Å²) in [5, 5.41) is 7.12. The van der Waals surface area contributed by atoms with E-state index in [1.165, 1.54) is 0 Å². The highest BCUT2D eigenvalue weighted by Gasteiger charge is 2.38. The fourth-order valence-electron chi connectivity index (χ4n) is 1.16. The van der Waals surface area contributed by atoms with E-state index in [1.54, 1.807) is 27.0 Å². The molecule has 0 fully saturated rings. The molecular formula is C11H17F3NO6P. The van der Waals surface area contributed by atoms with Gasteiger partial charge in [0.15, 0.2) is 0 Å². The van der Waals surface area contributed by atoms with Crippen LogP contribution in [0.1, 0.15) is 25.5 Å². The number of oxazole rings is 1. The Hall–Kier alpha value is -1.38. The average molecular weight is 347 g/mol.